The molecule has 0 unspecified atom stereocenters. The first kappa shape index (κ1) is 14.2. The first-order chi connectivity index (χ1) is 9.70. The molecule has 1 heterocycles. The van der Waals surface area contributed by atoms with Crippen LogP contribution in [-0.2, 0) is 14.3 Å². The zero-order valence-corrected chi connectivity index (χ0v) is 10.9. The van der Waals surface area contributed by atoms with E-state index in [-0.39, 0.29) is 12.5 Å². The minimum atomic E-state index is -0.580. The SMILES string of the molecule is O=Cc1ccc(C(=O)OCC(=O)N2CCOCC2)cc1. The lowest BCUT2D eigenvalue weighted by Gasteiger charge is -2.26. The van der Waals surface area contributed by atoms with Crippen molar-refractivity contribution in [1.82, 2.24) is 4.90 Å². The van der Waals surface area contributed by atoms with Gasteiger partial charge in [0.25, 0.3) is 5.91 Å². The number of ether oxygens (including phenoxy) is 2. The Morgan fingerprint density at radius 3 is 2.45 bits per heavy atom. The molecule has 0 radical (unpaired) electrons. The molecule has 1 aromatic rings. The van der Waals surface area contributed by atoms with E-state index in [0.29, 0.717) is 43.7 Å². The fourth-order valence-electron chi connectivity index (χ4n) is 1.81. The van der Waals surface area contributed by atoms with Gasteiger partial charge >= 0.3 is 5.97 Å². The molecule has 0 atom stereocenters. The Bertz CT molecular complexity index is 491. The van der Waals surface area contributed by atoms with Gasteiger partial charge in [-0.1, -0.05) is 12.1 Å². The topological polar surface area (TPSA) is 72.9 Å². The number of carbonyl (C=O) groups excluding carboxylic acids is 3. The molecule has 1 aliphatic rings. The molecule has 106 valence electrons. The van der Waals surface area contributed by atoms with Crippen molar-refractivity contribution in [1.29, 1.82) is 0 Å². The number of hydrogen-bond donors (Lipinski definition) is 0. The third-order valence-corrected chi connectivity index (χ3v) is 2.97. The van der Waals surface area contributed by atoms with Crippen molar-refractivity contribution in [2.75, 3.05) is 32.9 Å². The fourth-order valence-corrected chi connectivity index (χ4v) is 1.81. The highest BCUT2D eigenvalue weighted by atomic mass is 16.5. The summed E-state index contributed by atoms with van der Waals surface area (Å²) in [5.74, 6) is -0.810. The van der Waals surface area contributed by atoms with Crippen LogP contribution in [0.1, 0.15) is 20.7 Å². The van der Waals surface area contributed by atoms with Gasteiger partial charge in [0, 0.05) is 18.7 Å². The van der Waals surface area contributed by atoms with Crippen LogP contribution in [0, 0.1) is 0 Å². The molecule has 1 saturated heterocycles. The van der Waals surface area contributed by atoms with E-state index in [1.54, 1.807) is 4.90 Å². The molecule has 0 N–H and O–H groups in total. The monoisotopic (exact) mass is 277 g/mol. The van der Waals surface area contributed by atoms with Gasteiger partial charge in [-0.2, -0.15) is 0 Å². The van der Waals surface area contributed by atoms with Crippen molar-refractivity contribution in [3.8, 4) is 0 Å². The summed E-state index contributed by atoms with van der Waals surface area (Å²) in [6.07, 6.45) is 0.692. The largest absolute Gasteiger partial charge is 0.452 e. The second-order valence-electron chi connectivity index (χ2n) is 4.31. The van der Waals surface area contributed by atoms with Gasteiger partial charge in [0.05, 0.1) is 18.8 Å². The molecule has 0 bridgehead atoms. The molecule has 0 aromatic heterocycles. The van der Waals surface area contributed by atoms with Crippen molar-refractivity contribution >= 4 is 18.2 Å². The molecule has 2 rings (SSSR count). The second kappa shape index (κ2) is 6.81. The number of carbonyl (C=O) groups is 3. The predicted octanol–water partition coefficient (Wildman–Crippen LogP) is 0.515. The van der Waals surface area contributed by atoms with Crippen LogP contribution in [0.2, 0.25) is 0 Å². The van der Waals surface area contributed by atoms with Crippen LogP contribution in [0.4, 0.5) is 0 Å². The number of esters is 1. The molecule has 20 heavy (non-hydrogen) atoms. The molecule has 1 aliphatic heterocycles. The molecular formula is C14H15NO5. The van der Waals surface area contributed by atoms with E-state index < -0.39 is 5.97 Å². The zero-order valence-electron chi connectivity index (χ0n) is 10.9. The van der Waals surface area contributed by atoms with Crippen LogP contribution in [-0.4, -0.2) is 56.0 Å². The average Bonchev–Trinajstić information content (AvgIpc) is 2.53. The summed E-state index contributed by atoms with van der Waals surface area (Å²) in [5.41, 5.74) is 0.788. The minimum absolute atomic E-state index is 0.230. The lowest BCUT2D eigenvalue weighted by molar-refractivity contribution is -0.138. The molecule has 0 spiro atoms. The lowest BCUT2D eigenvalue weighted by atomic mass is 10.1. The summed E-state index contributed by atoms with van der Waals surface area (Å²) in [7, 11) is 0. The Labute approximate surface area is 116 Å². The number of morpholine rings is 1. The van der Waals surface area contributed by atoms with Crippen molar-refractivity contribution in [3.05, 3.63) is 35.4 Å². The number of nitrogens with zero attached hydrogens (tertiary/aromatic N) is 1. The summed E-state index contributed by atoms with van der Waals surface area (Å²) in [6.45, 7) is 1.77. The third kappa shape index (κ3) is 3.64. The zero-order chi connectivity index (χ0) is 14.4. The van der Waals surface area contributed by atoms with Crippen LogP contribution in [0.5, 0.6) is 0 Å². The third-order valence-electron chi connectivity index (χ3n) is 2.97. The van der Waals surface area contributed by atoms with Gasteiger partial charge in [0.1, 0.15) is 6.29 Å². The number of aldehydes is 1. The number of hydrogen-bond acceptors (Lipinski definition) is 5. The molecule has 0 aliphatic carbocycles. The van der Waals surface area contributed by atoms with Gasteiger partial charge in [0.2, 0.25) is 0 Å². The smallest absolute Gasteiger partial charge is 0.338 e. The van der Waals surface area contributed by atoms with Gasteiger partial charge in [-0.3, -0.25) is 9.59 Å². The van der Waals surface area contributed by atoms with E-state index in [0.717, 1.165) is 0 Å². The van der Waals surface area contributed by atoms with E-state index in [4.69, 9.17) is 9.47 Å². The fraction of sp³-hybridized carbons (Fsp3) is 0.357. The first-order valence-corrected chi connectivity index (χ1v) is 6.28. The van der Waals surface area contributed by atoms with Gasteiger partial charge in [-0.15, -0.1) is 0 Å². The van der Waals surface area contributed by atoms with Crippen molar-refractivity contribution in [3.63, 3.8) is 0 Å². The lowest BCUT2D eigenvalue weighted by Crippen LogP contribution is -2.42. The maximum atomic E-state index is 11.8. The average molecular weight is 277 g/mol. The number of amides is 1. The normalized spacial score (nSPS) is 14.7. The van der Waals surface area contributed by atoms with E-state index in [1.807, 2.05) is 0 Å². The highest BCUT2D eigenvalue weighted by Crippen LogP contribution is 2.05. The summed E-state index contributed by atoms with van der Waals surface area (Å²) >= 11 is 0. The van der Waals surface area contributed by atoms with Gasteiger partial charge in [0.15, 0.2) is 6.61 Å². The Kier molecular flexibility index (Phi) is 4.84. The quantitative estimate of drug-likeness (QED) is 0.592. The van der Waals surface area contributed by atoms with Crippen molar-refractivity contribution in [2.45, 2.75) is 0 Å². The van der Waals surface area contributed by atoms with Crippen molar-refractivity contribution in [2.24, 2.45) is 0 Å². The van der Waals surface area contributed by atoms with Crippen LogP contribution in [0.3, 0.4) is 0 Å². The molecule has 6 heteroatoms. The Morgan fingerprint density at radius 1 is 1.20 bits per heavy atom. The maximum absolute atomic E-state index is 11.8. The molecular weight excluding hydrogens is 262 g/mol. The molecule has 6 nitrogen and oxygen atoms in total. The van der Waals surface area contributed by atoms with E-state index in [1.165, 1.54) is 24.3 Å². The summed E-state index contributed by atoms with van der Waals surface area (Å²) in [4.78, 5) is 35.6. The molecule has 1 amide bonds. The summed E-state index contributed by atoms with van der Waals surface area (Å²) in [5, 5.41) is 0. The van der Waals surface area contributed by atoms with Crippen LogP contribution < -0.4 is 0 Å². The van der Waals surface area contributed by atoms with E-state index >= 15 is 0 Å². The van der Waals surface area contributed by atoms with Crippen LogP contribution >= 0.6 is 0 Å². The molecule has 0 saturated carbocycles. The van der Waals surface area contributed by atoms with E-state index in [9.17, 15) is 14.4 Å². The summed E-state index contributed by atoms with van der Waals surface area (Å²) in [6, 6.07) is 6.03. The first-order valence-electron chi connectivity index (χ1n) is 6.28. The van der Waals surface area contributed by atoms with Gasteiger partial charge in [-0.25, -0.2) is 4.79 Å². The predicted molar refractivity (Wildman–Crippen MR) is 69.5 cm³/mol. The molecule has 1 aromatic carbocycles. The summed E-state index contributed by atoms with van der Waals surface area (Å²) < 4.78 is 10.1. The molecule has 1 fully saturated rings. The van der Waals surface area contributed by atoms with Crippen molar-refractivity contribution < 1.29 is 23.9 Å². The van der Waals surface area contributed by atoms with Crippen LogP contribution in [0.25, 0.3) is 0 Å². The number of benzene rings is 1. The maximum Gasteiger partial charge on any atom is 0.338 e. The standard InChI is InChI=1S/C14H15NO5/c16-9-11-1-3-12(4-2-11)14(18)20-10-13(17)15-5-7-19-8-6-15/h1-4,9H,5-8,10H2. The Balaban J connectivity index is 1.84. The minimum Gasteiger partial charge on any atom is -0.452 e. The number of rotatable bonds is 4. The Hall–Kier alpha value is -2.21. The Morgan fingerprint density at radius 2 is 1.85 bits per heavy atom. The van der Waals surface area contributed by atoms with Gasteiger partial charge in [-0.05, 0) is 12.1 Å². The van der Waals surface area contributed by atoms with Crippen LogP contribution in [0.15, 0.2) is 24.3 Å². The second-order valence-corrected chi connectivity index (χ2v) is 4.31. The highest BCUT2D eigenvalue weighted by molar-refractivity contribution is 5.92. The van der Waals surface area contributed by atoms with E-state index in [2.05, 4.69) is 0 Å². The highest BCUT2D eigenvalue weighted by Gasteiger charge is 2.18. The van der Waals surface area contributed by atoms with Gasteiger partial charge < -0.3 is 14.4 Å².